The van der Waals surface area contributed by atoms with E-state index in [0.717, 1.165) is 51.0 Å². The van der Waals surface area contributed by atoms with Crippen LogP contribution in [-0.2, 0) is 0 Å². The number of piperazine rings is 1. The van der Waals surface area contributed by atoms with Gasteiger partial charge in [-0.15, -0.1) is 0 Å². The summed E-state index contributed by atoms with van der Waals surface area (Å²) in [5.41, 5.74) is 1.16. The third-order valence-electron chi connectivity index (χ3n) is 6.30. The van der Waals surface area contributed by atoms with Crippen LogP contribution in [0, 0.1) is 5.92 Å². The first-order valence-electron chi connectivity index (χ1n) is 11.0. The molecule has 29 heavy (non-hydrogen) atoms. The lowest BCUT2D eigenvalue weighted by molar-refractivity contribution is 0.152. The number of carbonyl (C=O) groups is 1. The van der Waals surface area contributed by atoms with E-state index in [2.05, 4.69) is 26.9 Å². The third kappa shape index (κ3) is 6.48. The van der Waals surface area contributed by atoms with Crippen molar-refractivity contribution in [1.29, 1.82) is 0 Å². The largest absolute Gasteiger partial charge is 0.338 e. The molecule has 1 aliphatic heterocycles. The Labute approximate surface area is 184 Å². The van der Waals surface area contributed by atoms with Crippen LogP contribution in [0.25, 0.3) is 0 Å². The fourth-order valence-corrected chi connectivity index (χ4v) is 5.13. The van der Waals surface area contributed by atoms with Crippen molar-refractivity contribution in [1.82, 2.24) is 20.9 Å². The molecule has 1 heterocycles. The summed E-state index contributed by atoms with van der Waals surface area (Å²) in [5, 5.41) is 10.7. The van der Waals surface area contributed by atoms with Crippen LogP contribution >= 0.6 is 23.2 Å². The number of benzene rings is 1. The van der Waals surface area contributed by atoms with Gasteiger partial charge in [-0.3, -0.25) is 4.90 Å². The molecule has 5 nitrogen and oxygen atoms in total. The summed E-state index contributed by atoms with van der Waals surface area (Å²) in [6, 6.07) is 6.60. The molecule has 1 aromatic rings. The minimum atomic E-state index is -0.0367. The number of urea groups is 1. The van der Waals surface area contributed by atoms with Crippen molar-refractivity contribution in [2.75, 3.05) is 32.7 Å². The summed E-state index contributed by atoms with van der Waals surface area (Å²) >= 11 is 12.9. The van der Waals surface area contributed by atoms with Gasteiger partial charge in [-0.05, 0) is 63.0 Å². The van der Waals surface area contributed by atoms with Gasteiger partial charge < -0.3 is 16.0 Å². The molecule has 0 spiro atoms. The van der Waals surface area contributed by atoms with Crippen LogP contribution in [0.5, 0.6) is 0 Å². The fraction of sp³-hybridized carbons (Fsp3) is 0.682. The Hall–Kier alpha value is -1.01. The zero-order chi connectivity index (χ0) is 20.6. The number of nitrogens with zero attached hydrogens (tertiary/aromatic N) is 1. The molecule has 0 aromatic heterocycles. The van der Waals surface area contributed by atoms with E-state index in [1.165, 1.54) is 19.3 Å². The van der Waals surface area contributed by atoms with Gasteiger partial charge >= 0.3 is 6.03 Å². The topological polar surface area (TPSA) is 56.4 Å². The smallest absolute Gasteiger partial charge is 0.314 e. The first kappa shape index (κ1) is 22.7. The van der Waals surface area contributed by atoms with E-state index in [9.17, 15) is 4.79 Å². The Balaban J connectivity index is 1.57. The first-order chi connectivity index (χ1) is 14.1. The minimum Gasteiger partial charge on any atom is -0.338 e. The maximum atomic E-state index is 11.7. The van der Waals surface area contributed by atoms with Gasteiger partial charge in [0.25, 0.3) is 0 Å². The Morgan fingerprint density at radius 1 is 1.21 bits per heavy atom. The van der Waals surface area contributed by atoms with Crippen molar-refractivity contribution in [2.24, 2.45) is 5.92 Å². The maximum absolute atomic E-state index is 11.7. The molecule has 1 aromatic carbocycles. The summed E-state index contributed by atoms with van der Waals surface area (Å²) in [4.78, 5) is 14.3. The normalized spacial score (nSPS) is 24.1. The van der Waals surface area contributed by atoms with Crippen molar-refractivity contribution in [3.63, 3.8) is 0 Å². The number of rotatable bonds is 7. The highest BCUT2D eigenvalue weighted by Crippen LogP contribution is 2.38. The van der Waals surface area contributed by atoms with Gasteiger partial charge in [0.15, 0.2) is 0 Å². The fourth-order valence-electron chi connectivity index (χ4n) is 4.69. The minimum absolute atomic E-state index is 0.0367. The molecule has 2 fully saturated rings. The summed E-state index contributed by atoms with van der Waals surface area (Å²) < 4.78 is 0. The second kappa shape index (κ2) is 11.4. The predicted octanol–water partition coefficient (Wildman–Crippen LogP) is 4.60. The van der Waals surface area contributed by atoms with E-state index in [0.29, 0.717) is 34.6 Å². The molecule has 2 aliphatic rings. The standard InChI is InChI=1S/C22H34Cl2N4O/c1-2-26-22(29)27-17-9-6-16(7-10-17)8-11-20(28-14-12-25-13-15-28)18-4-3-5-19(23)21(18)24/h3-5,16-17,20,25H,2,6-15H2,1H3,(H2,26,27,29). The van der Waals surface area contributed by atoms with E-state index in [1.807, 2.05) is 19.1 Å². The Morgan fingerprint density at radius 3 is 2.62 bits per heavy atom. The van der Waals surface area contributed by atoms with E-state index in [-0.39, 0.29) is 6.03 Å². The van der Waals surface area contributed by atoms with Crippen LogP contribution in [0.1, 0.15) is 57.1 Å². The number of nitrogens with one attached hydrogen (secondary N) is 3. The van der Waals surface area contributed by atoms with Gasteiger partial charge in [-0.1, -0.05) is 35.3 Å². The molecule has 1 atom stereocenters. The van der Waals surface area contributed by atoms with Gasteiger partial charge in [0.1, 0.15) is 0 Å². The van der Waals surface area contributed by atoms with Crippen molar-refractivity contribution in [3.8, 4) is 0 Å². The van der Waals surface area contributed by atoms with Gasteiger partial charge in [-0.2, -0.15) is 0 Å². The SMILES string of the molecule is CCNC(=O)NC1CCC(CCC(c2cccc(Cl)c2Cl)N2CCNCC2)CC1. The summed E-state index contributed by atoms with van der Waals surface area (Å²) in [6.07, 6.45) is 6.77. The lowest BCUT2D eigenvalue weighted by Crippen LogP contribution is -2.45. The van der Waals surface area contributed by atoms with Gasteiger partial charge in [0, 0.05) is 44.8 Å². The molecule has 3 N–H and O–H groups in total. The van der Waals surface area contributed by atoms with E-state index in [4.69, 9.17) is 23.2 Å². The highest BCUT2D eigenvalue weighted by molar-refractivity contribution is 6.42. The van der Waals surface area contributed by atoms with Crippen LogP contribution in [-0.4, -0.2) is 49.7 Å². The molecule has 0 radical (unpaired) electrons. The highest BCUT2D eigenvalue weighted by Gasteiger charge is 2.27. The van der Waals surface area contributed by atoms with Crippen molar-refractivity contribution >= 4 is 29.2 Å². The number of halogens is 2. The summed E-state index contributed by atoms with van der Waals surface area (Å²) in [6.45, 7) is 6.72. The van der Waals surface area contributed by atoms with Crippen LogP contribution in [0.2, 0.25) is 10.0 Å². The average Bonchev–Trinajstić information content (AvgIpc) is 2.73. The third-order valence-corrected chi connectivity index (χ3v) is 7.13. The van der Waals surface area contributed by atoms with Crippen molar-refractivity contribution in [3.05, 3.63) is 33.8 Å². The predicted molar refractivity (Wildman–Crippen MR) is 121 cm³/mol. The Kier molecular flexibility index (Phi) is 8.91. The molecule has 0 bridgehead atoms. The number of amides is 2. The average molecular weight is 441 g/mol. The molecular weight excluding hydrogens is 407 g/mol. The van der Waals surface area contributed by atoms with Crippen LogP contribution in [0.3, 0.4) is 0 Å². The molecule has 1 saturated carbocycles. The van der Waals surface area contributed by atoms with E-state index >= 15 is 0 Å². The Morgan fingerprint density at radius 2 is 1.93 bits per heavy atom. The molecule has 2 amide bonds. The zero-order valence-electron chi connectivity index (χ0n) is 17.4. The quantitative estimate of drug-likeness (QED) is 0.580. The van der Waals surface area contributed by atoms with Crippen molar-refractivity contribution < 1.29 is 4.79 Å². The van der Waals surface area contributed by atoms with Gasteiger partial charge in [0.05, 0.1) is 10.0 Å². The number of carbonyl (C=O) groups excluding carboxylic acids is 1. The van der Waals surface area contributed by atoms with Gasteiger partial charge in [-0.25, -0.2) is 4.79 Å². The van der Waals surface area contributed by atoms with Gasteiger partial charge in [0.2, 0.25) is 0 Å². The molecule has 3 rings (SSSR count). The zero-order valence-corrected chi connectivity index (χ0v) is 18.9. The van der Waals surface area contributed by atoms with E-state index in [1.54, 1.807) is 0 Å². The molecule has 7 heteroatoms. The van der Waals surface area contributed by atoms with Crippen molar-refractivity contribution in [2.45, 2.75) is 57.5 Å². The molecule has 1 saturated heterocycles. The maximum Gasteiger partial charge on any atom is 0.314 e. The first-order valence-corrected chi connectivity index (χ1v) is 11.8. The lowest BCUT2D eigenvalue weighted by atomic mass is 9.82. The summed E-state index contributed by atoms with van der Waals surface area (Å²) in [5.74, 6) is 0.714. The summed E-state index contributed by atoms with van der Waals surface area (Å²) in [7, 11) is 0. The highest BCUT2D eigenvalue weighted by atomic mass is 35.5. The van der Waals surface area contributed by atoms with Crippen LogP contribution < -0.4 is 16.0 Å². The monoisotopic (exact) mass is 440 g/mol. The van der Waals surface area contributed by atoms with Crippen LogP contribution in [0.4, 0.5) is 4.79 Å². The molecular formula is C22H34Cl2N4O. The second-order valence-electron chi connectivity index (χ2n) is 8.24. The van der Waals surface area contributed by atoms with Crippen LogP contribution in [0.15, 0.2) is 18.2 Å². The molecule has 1 unspecified atom stereocenters. The van der Waals surface area contributed by atoms with E-state index < -0.39 is 0 Å². The Bertz CT molecular complexity index is 658. The lowest BCUT2D eigenvalue weighted by Gasteiger charge is -2.37. The number of hydrogen-bond donors (Lipinski definition) is 3. The molecule has 162 valence electrons. The second-order valence-corrected chi connectivity index (χ2v) is 9.03. The molecule has 1 aliphatic carbocycles. The number of hydrogen-bond acceptors (Lipinski definition) is 3.